The van der Waals surface area contributed by atoms with Crippen molar-refractivity contribution in [2.75, 3.05) is 26.4 Å². The van der Waals surface area contributed by atoms with E-state index < -0.39 is 0 Å². The van der Waals surface area contributed by atoms with E-state index in [0.29, 0.717) is 17.6 Å². The molecule has 0 amide bonds. The van der Waals surface area contributed by atoms with Gasteiger partial charge in [-0.1, -0.05) is 74.9 Å². The zero-order valence-corrected chi connectivity index (χ0v) is 18.7. The average Bonchev–Trinajstić information content (AvgIpc) is 3.64. The van der Waals surface area contributed by atoms with Gasteiger partial charge >= 0.3 is 0 Å². The van der Waals surface area contributed by atoms with Crippen LogP contribution in [0, 0.1) is 11.3 Å². The van der Waals surface area contributed by atoms with Gasteiger partial charge in [0.2, 0.25) is 0 Å². The minimum Gasteiger partial charge on any atom is -0.376 e. The molecule has 3 nitrogen and oxygen atoms in total. The summed E-state index contributed by atoms with van der Waals surface area (Å²) < 4.78 is 15.1. The predicted octanol–water partition coefficient (Wildman–Crippen LogP) is 5.97. The molecule has 30 heavy (non-hydrogen) atoms. The van der Waals surface area contributed by atoms with E-state index in [0.717, 1.165) is 38.8 Å². The van der Waals surface area contributed by atoms with Crippen molar-refractivity contribution in [2.45, 2.75) is 58.7 Å². The summed E-state index contributed by atoms with van der Waals surface area (Å²) in [6, 6.07) is 10.7. The van der Waals surface area contributed by atoms with E-state index >= 15 is 0 Å². The van der Waals surface area contributed by atoms with Gasteiger partial charge in [-0.05, 0) is 53.7 Å². The highest BCUT2D eigenvalue weighted by atomic mass is 16.6. The summed E-state index contributed by atoms with van der Waals surface area (Å²) in [4.78, 5) is 0. The first-order valence-corrected chi connectivity index (χ1v) is 11.4. The van der Waals surface area contributed by atoms with Gasteiger partial charge in [-0.25, -0.2) is 0 Å². The van der Waals surface area contributed by atoms with E-state index in [4.69, 9.17) is 14.2 Å². The maximum Gasteiger partial charge on any atom is 0.104 e. The number of hydrogen-bond donors (Lipinski definition) is 0. The highest BCUT2D eigenvalue weighted by Crippen LogP contribution is 2.43. The summed E-state index contributed by atoms with van der Waals surface area (Å²) in [5, 5.41) is 0. The molecular formula is C27H36O3. The number of epoxide rings is 2. The van der Waals surface area contributed by atoms with Crippen LogP contribution in [0.15, 0.2) is 59.7 Å². The van der Waals surface area contributed by atoms with E-state index in [9.17, 15) is 0 Å². The molecule has 2 aliphatic carbocycles. The molecule has 2 heterocycles. The molecule has 0 N–H and O–H groups in total. The van der Waals surface area contributed by atoms with E-state index in [1.165, 1.54) is 30.4 Å². The Hall–Kier alpha value is -1.68. The van der Waals surface area contributed by atoms with Crippen LogP contribution >= 0.6 is 0 Å². The molecule has 3 atom stereocenters. The van der Waals surface area contributed by atoms with Crippen LogP contribution in [0.5, 0.6) is 0 Å². The fourth-order valence-corrected chi connectivity index (χ4v) is 4.72. The molecule has 0 aromatic heterocycles. The zero-order chi connectivity index (χ0) is 21.0. The van der Waals surface area contributed by atoms with Crippen LogP contribution in [0.3, 0.4) is 0 Å². The summed E-state index contributed by atoms with van der Waals surface area (Å²) in [5.74, 6) is 0.823. The highest BCUT2D eigenvalue weighted by molar-refractivity contribution is 5.76. The third-order valence-electron chi connectivity index (χ3n) is 6.17. The maximum absolute atomic E-state index is 5.23. The zero-order valence-electron chi connectivity index (χ0n) is 18.7. The highest BCUT2D eigenvalue weighted by Gasteiger charge is 2.29. The van der Waals surface area contributed by atoms with Crippen LogP contribution in [0.4, 0.5) is 0 Å². The number of benzene rings is 1. The van der Waals surface area contributed by atoms with E-state index in [-0.39, 0.29) is 0 Å². The Morgan fingerprint density at radius 2 is 1.67 bits per heavy atom. The summed E-state index contributed by atoms with van der Waals surface area (Å²) >= 11 is 0. The van der Waals surface area contributed by atoms with Gasteiger partial charge in [0, 0.05) is 0 Å². The monoisotopic (exact) mass is 408 g/mol. The Morgan fingerprint density at radius 3 is 2.20 bits per heavy atom. The molecule has 2 aliphatic heterocycles. The van der Waals surface area contributed by atoms with Crippen molar-refractivity contribution in [2.24, 2.45) is 11.3 Å². The Kier molecular flexibility index (Phi) is 6.92. The van der Waals surface area contributed by atoms with Crippen molar-refractivity contribution in [3.8, 4) is 0 Å². The molecule has 1 saturated carbocycles. The summed E-state index contributed by atoms with van der Waals surface area (Å²) in [7, 11) is 0. The maximum atomic E-state index is 5.23. The van der Waals surface area contributed by atoms with Gasteiger partial charge in [0.25, 0.3) is 0 Å². The summed E-state index contributed by atoms with van der Waals surface area (Å²) in [5.41, 5.74) is 6.42. The van der Waals surface area contributed by atoms with Gasteiger partial charge in [-0.3, -0.25) is 0 Å². The lowest BCUT2D eigenvalue weighted by atomic mass is 9.69. The predicted molar refractivity (Wildman–Crippen MR) is 122 cm³/mol. The van der Waals surface area contributed by atoms with Crippen molar-refractivity contribution >= 4 is 5.57 Å². The minimum absolute atomic E-state index is 0.392. The Bertz CT molecular complexity index is 783. The van der Waals surface area contributed by atoms with Crippen LogP contribution in [0.1, 0.15) is 52.0 Å². The minimum atomic E-state index is 0.392. The molecular weight excluding hydrogens is 372 g/mol. The summed E-state index contributed by atoms with van der Waals surface area (Å²) in [6.07, 6.45) is 12.9. The third-order valence-corrected chi connectivity index (χ3v) is 6.17. The number of ether oxygens (including phenoxy) is 3. The molecule has 2 saturated heterocycles. The SMILES string of the molecule is C(OCC1CO1)C1CO1.CC1CC(=C2C=CC(c3ccccc3)=CC2)CC(C)(C)C1. The van der Waals surface area contributed by atoms with Crippen molar-refractivity contribution in [3.63, 3.8) is 0 Å². The van der Waals surface area contributed by atoms with E-state index in [2.05, 4.69) is 69.3 Å². The van der Waals surface area contributed by atoms with Crippen LogP contribution in [0.2, 0.25) is 0 Å². The second-order valence-corrected chi connectivity index (χ2v) is 9.99. The third kappa shape index (κ3) is 6.66. The van der Waals surface area contributed by atoms with E-state index in [1.807, 2.05) is 0 Å². The molecule has 0 radical (unpaired) electrons. The molecule has 162 valence electrons. The lowest BCUT2D eigenvalue weighted by Crippen LogP contribution is -2.23. The fraction of sp³-hybridized carbons (Fsp3) is 0.556. The van der Waals surface area contributed by atoms with Gasteiger partial charge < -0.3 is 14.2 Å². The van der Waals surface area contributed by atoms with Gasteiger partial charge in [0.05, 0.1) is 26.4 Å². The van der Waals surface area contributed by atoms with Crippen molar-refractivity contribution in [3.05, 3.63) is 65.3 Å². The Morgan fingerprint density at radius 1 is 1.00 bits per heavy atom. The van der Waals surface area contributed by atoms with Gasteiger partial charge in [-0.2, -0.15) is 0 Å². The number of hydrogen-bond acceptors (Lipinski definition) is 3. The topological polar surface area (TPSA) is 34.3 Å². The van der Waals surface area contributed by atoms with Crippen molar-refractivity contribution in [1.82, 2.24) is 0 Å². The molecule has 0 spiro atoms. The smallest absolute Gasteiger partial charge is 0.104 e. The van der Waals surface area contributed by atoms with Crippen LogP contribution in [-0.2, 0) is 14.2 Å². The molecule has 1 aromatic carbocycles. The molecule has 3 fully saturated rings. The lowest BCUT2D eigenvalue weighted by molar-refractivity contribution is 0.102. The lowest BCUT2D eigenvalue weighted by Gasteiger charge is -2.36. The van der Waals surface area contributed by atoms with Gasteiger partial charge in [-0.15, -0.1) is 0 Å². The standard InChI is InChI=1S/C21H26.C6H10O3/c1-16-13-20(15-21(2,3)14-16)19-11-9-18(10-12-19)17-7-5-4-6-8-17;1(5-3-8-5)7-2-6-4-9-6/h4-11,16H,12-15H2,1-3H3;5-6H,1-4H2. The molecule has 3 unspecified atom stereocenters. The first-order chi connectivity index (χ1) is 14.5. The van der Waals surface area contributed by atoms with Crippen molar-refractivity contribution in [1.29, 1.82) is 0 Å². The first kappa shape index (κ1) is 21.5. The van der Waals surface area contributed by atoms with Gasteiger partial charge in [0.1, 0.15) is 12.2 Å². The Balaban J connectivity index is 0.000000200. The largest absolute Gasteiger partial charge is 0.376 e. The second-order valence-electron chi connectivity index (χ2n) is 9.99. The van der Waals surface area contributed by atoms with Crippen LogP contribution in [0.25, 0.3) is 5.57 Å². The summed E-state index contributed by atoms with van der Waals surface area (Å²) in [6.45, 7) is 10.5. The molecule has 0 bridgehead atoms. The van der Waals surface area contributed by atoms with Crippen LogP contribution < -0.4 is 0 Å². The average molecular weight is 409 g/mol. The molecule has 5 rings (SSSR count). The molecule has 1 aromatic rings. The number of allylic oxidation sites excluding steroid dienone is 6. The van der Waals surface area contributed by atoms with Crippen molar-refractivity contribution < 1.29 is 14.2 Å². The first-order valence-electron chi connectivity index (χ1n) is 11.4. The number of rotatable bonds is 5. The van der Waals surface area contributed by atoms with E-state index in [1.54, 1.807) is 11.1 Å². The van der Waals surface area contributed by atoms with Gasteiger partial charge in [0.15, 0.2) is 0 Å². The normalized spacial score (nSPS) is 31.4. The second kappa shape index (κ2) is 9.64. The molecule has 3 heteroatoms. The quantitative estimate of drug-likeness (QED) is 0.563. The Labute approximate surface area is 181 Å². The fourth-order valence-electron chi connectivity index (χ4n) is 4.72. The van der Waals surface area contributed by atoms with Crippen LogP contribution in [-0.4, -0.2) is 38.6 Å². The molecule has 4 aliphatic rings.